The van der Waals surface area contributed by atoms with Gasteiger partial charge in [0.25, 0.3) is 5.91 Å². The summed E-state index contributed by atoms with van der Waals surface area (Å²) < 4.78 is 5.25. The Kier molecular flexibility index (Phi) is 4.73. The van der Waals surface area contributed by atoms with Gasteiger partial charge in [-0.05, 0) is 25.1 Å². The molecule has 1 heterocycles. The molecular weight excluding hydrogens is 302 g/mol. The van der Waals surface area contributed by atoms with E-state index in [4.69, 9.17) is 9.84 Å². The van der Waals surface area contributed by atoms with Crippen LogP contribution in [0.2, 0.25) is 0 Å². The van der Waals surface area contributed by atoms with Crippen molar-refractivity contribution >= 4 is 23.6 Å². The van der Waals surface area contributed by atoms with Crippen molar-refractivity contribution in [1.82, 2.24) is 10.2 Å². The predicted octanol–water partition coefficient (Wildman–Crippen LogP) is 0.770. The molecule has 0 aliphatic carbocycles. The smallest absolute Gasteiger partial charge is 0.326 e. The molecule has 3 amide bonds. The molecule has 1 aliphatic heterocycles. The molecule has 0 radical (unpaired) electrons. The highest BCUT2D eigenvalue weighted by molar-refractivity contribution is 6.00. The zero-order valence-electron chi connectivity index (χ0n) is 13.2. The fourth-order valence-corrected chi connectivity index (χ4v) is 2.28. The van der Waals surface area contributed by atoms with Crippen LogP contribution in [0.3, 0.4) is 0 Å². The number of nitrogens with one attached hydrogen (secondary N) is 1. The van der Waals surface area contributed by atoms with Gasteiger partial charge in [0.2, 0.25) is 0 Å². The number of hydrogen-bond acceptors (Lipinski definition) is 4. The minimum atomic E-state index is -1.09. The number of carbonyl (C=O) groups excluding carboxylic acids is 2. The number of carboxylic acid groups (broad SMARTS) is 1. The summed E-state index contributed by atoms with van der Waals surface area (Å²) in [6.07, 6.45) is 0. The molecule has 23 heavy (non-hydrogen) atoms. The van der Waals surface area contributed by atoms with E-state index >= 15 is 0 Å². The lowest BCUT2D eigenvalue weighted by Gasteiger charge is -2.23. The quantitative estimate of drug-likeness (QED) is 0.834. The highest BCUT2D eigenvalue weighted by Gasteiger charge is 2.27. The second-order valence-corrected chi connectivity index (χ2v) is 5.20. The van der Waals surface area contributed by atoms with Gasteiger partial charge in [-0.15, -0.1) is 0 Å². The van der Waals surface area contributed by atoms with Crippen LogP contribution in [0, 0.1) is 0 Å². The van der Waals surface area contributed by atoms with Crippen LogP contribution in [0.25, 0.3) is 0 Å². The van der Waals surface area contributed by atoms with Crippen LogP contribution in [-0.2, 0) is 4.79 Å². The van der Waals surface area contributed by atoms with E-state index in [9.17, 15) is 14.4 Å². The lowest BCUT2D eigenvalue weighted by molar-refractivity contribution is -0.141. The van der Waals surface area contributed by atoms with Crippen LogP contribution in [0.5, 0.6) is 5.75 Å². The zero-order chi connectivity index (χ0) is 17.1. The van der Waals surface area contributed by atoms with Gasteiger partial charge in [0, 0.05) is 25.7 Å². The molecule has 0 spiro atoms. The van der Waals surface area contributed by atoms with Crippen molar-refractivity contribution in [3.05, 3.63) is 23.8 Å². The normalized spacial score (nSPS) is 15.1. The summed E-state index contributed by atoms with van der Waals surface area (Å²) in [6, 6.07) is 3.46. The Balaban J connectivity index is 2.35. The molecule has 0 aromatic heterocycles. The number of nitrogens with zero attached hydrogens (tertiary/aromatic N) is 2. The molecule has 1 fully saturated rings. The number of hydrogen-bond donors (Lipinski definition) is 2. The molecule has 1 aromatic carbocycles. The molecule has 8 nitrogen and oxygen atoms in total. The molecule has 0 saturated carbocycles. The second kappa shape index (κ2) is 6.55. The maximum absolute atomic E-state index is 12.4. The van der Waals surface area contributed by atoms with Crippen LogP contribution in [0.15, 0.2) is 18.2 Å². The van der Waals surface area contributed by atoms with Gasteiger partial charge in [-0.25, -0.2) is 9.59 Å². The van der Waals surface area contributed by atoms with E-state index in [0.29, 0.717) is 24.5 Å². The Labute approximate surface area is 133 Å². The molecule has 0 unspecified atom stereocenters. The number of carboxylic acids is 1. The van der Waals surface area contributed by atoms with Crippen molar-refractivity contribution in [2.75, 3.05) is 32.1 Å². The predicted molar refractivity (Wildman–Crippen MR) is 82.9 cm³/mol. The number of carbonyl (C=O) groups is 3. The Morgan fingerprint density at radius 2 is 2.13 bits per heavy atom. The summed E-state index contributed by atoms with van der Waals surface area (Å²) in [7, 11) is 2.90. The number of ether oxygens (including phenoxy) is 1. The molecule has 1 atom stereocenters. The highest BCUT2D eigenvalue weighted by atomic mass is 16.5. The summed E-state index contributed by atoms with van der Waals surface area (Å²) >= 11 is 0. The lowest BCUT2D eigenvalue weighted by Crippen LogP contribution is -2.40. The molecule has 0 bridgehead atoms. The van der Waals surface area contributed by atoms with Gasteiger partial charge < -0.3 is 20.1 Å². The van der Waals surface area contributed by atoms with Crippen molar-refractivity contribution in [3.63, 3.8) is 0 Å². The third-order valence-corrected chi connectivity index (χ3v) is 3.83. The minimum absolute atomic E-state index is 0.264. The first-order valence-corrected chi connectivity index (χ1v) is 7.10. The van der Waals surface area contributed by atoms with Gasteiger partial charge >= 0.3 is 12.0 Å². The van der Waals surface area contributed by atoms with Gasteiger partial charge in [-0.3, -0.25) is 9.69 Å². The summed E-state index contributed by atoms with van der Waals surface area (Å²) in [5.74, 6) is -1.07. The Morgan fingerprint density at radius 3 is 2.65 bits per heavy atom. The van der Waals surface area contributed by atoms with Crippen LogP contribution >= 0.6 is 0 Å². The number of amides is 3. The number of likely N-dealkylation sites (N-methyl/N-ethyl adjacent to an activating group) is 1. The first-order chi connectivity index (χ1) is 10.9. The van der Waals surface area contributed by atoms with Gasteiger partial charge in [0.05, 0.1) is 12.8 Å². The van der Waals surface area contributed by atoms with Crippen molar-refractivity contribution < 1.29 is 24.2 Å². The molecule has 2 rings (SSSR count). The molecule has 1 aliphatic rings. The van der Waals surface area contributed by atoms with E-state index in [1.54, 1.807) is 12.1 Å². The standard InChI is InChI=1S/C15H19N3O5/c1-9(14(20)21)17(2)13(19)10-4-5-12(23-3)11(8-10)18-7-6-16-15(18)22/h4-5,8-9H,6-7H2,1-3H3,(H,16,22)(H,20,21)/t9-/m0/s1. The van der Waals surface area contributed by atoms with E-state index < -0.39 is 17.9 Å². The number of aliphatic carboxylic acids is 1. The van der Waals surface area contributed by atoms with Crippen molar-refractivity contribution in [2.24, 2.45) is 0 Å². The number of rotatable bonds is 5. The summed E-state index contributed by atoms with van der Waals surface area (Å²) in [5.41, 5.74) is 0.765. The SMILES string of the molecule is COc1ccc(C(=O)N(C)[C@@H](C)C(=O)O)cc1N1CCNC1=O. The maximum Gasteiger partial charge on any atom is 0.326 e. The molecule has 124 valence electrons. The molecule has 2 N–H and O–H groups in total. The van der Waals surface area contributed by atoms with Gasteiger partial charge in [0.1, 0.15) is 11.8 Å². The molecule has 1 saturated heterocycles. The maximum atomic E-state index is 12.4. The Hall–Kier alpha value is -2.77. The van der Waals surface area contributed by atoms with E-state index in [1.165, 1.54) is 32.0 Å². The van der Waals surface area contributed by atoms with Gasteiger partial charge in [0.15, 0.2) is 0 Å². The summed E-state index contributed by atoms with van der Waals surface area (Å²) in [5, 5.41) is 11.7. The fourth-order valence-electron chi connectivity index (χ4n) is 2.28. The summed E-state index contributed by atoms with van der Waals surface area (Å²) in [6.45, 7) is 2.41. The number of benzene rings is 1. The van der Waals surface area contributed by atoms with Gasteiger partial charge in [-0.1, -0.05) is 0 Å². The minimum Gasteiger partial charge on any atom is -0.495 e. The van der Waals surface area contributed by atoms with Crippen LogP contribution in [0.4, 0.5) is 10.5 Å². The van der Waals surface area contributed by atoms with E-state index in [0.717, 1.165) is 4.90 Å². The van der Waals surface area contributed by atoms with E-state index in [1.807, 2.05) is 0 Å². The Morgan fingerprint density at radius 1 is 1.43 bits per heavy atom. The lowest BCUT2D eigenvalue weighted by atomic mass is 10.1. The highest BCUT2D eigenvalue weighted by Crippen LogP contribution is 2.31. The topological polar surface area (TPSA) is 99.2 Å². The average Bonchev–Trinajstić information content (AvgIpc) is 2.97. The van der Waals surface area contributed by atoms with Crippen molar-refractivity contribution in [1.29, 1.82) is 0 Å². The number of anilines is 1. The van der Waals surface area contributed by atoms with Crippen molar-refractivity contribution in [2.45, 2.75) is 13.0 Å². The third-order valence-electron chi connectivity index (χ3n) is 3.83. The van der Waals surface area contributed by atoms with E-state index in [2.05, 4.69) is 5.32 Å². The van der Waals surface area contributed by atoms with Crippen molar-refractivity contribution in [3.8, 4) is 5.75 Å². The average molecular weight is 321 g/mol. The Bertz CT molecular complexity index is 646. The second-order valence-electron chi connectivity index (χ2n) is 5.20. The molecular formula is C15H19N3O5. The van der Waals surface area contributed by atoms with E-state index in [-0.39, 0.29) is 11.6 Å². The van der Waals surface area contributed by atoms with Crippen LogP contribution in [-0.4, -0.2) is 61.2 Å². The first kappa shape index (κ1) is 16.6. The molecule has 1 aromatic rings. The first-order valence-electron chi connectivity index (χ1n) is 7.10. The number of methoxy groups -OCH3 is 1. The largest absolute Gasteiger partial charge is 0.495 e. The fraction of sp³-hybridized carbons (Fsp3) is 0.400. The number of urea groups is 1. The summed E-state index contributed by atoms with van der Waals surface area (Å²) in [4.78, 5) is 37.9. The van der Waals surface area contributed by atoms with Crippen LogP contribution in [0.1, 0.15) is 17.3 Å². The zero-order valence-corrected chi connectivity index (χ0v) is 13.2. The van der Waals surface area contributed by atoms with Gasteiger partial charge in [-0.2, -0.15) is 0 Å². The third kappa shape index (κ3) is 3.20. The monoisotopic (exact) mass is 321 g/mol. The molecule has 8 heteroatoms. The van der Waals surface area contributed by atoms with Crippen LogP contribution < -0.4 is 15.0 Å².